The average Bonchev–Trinajstić information content (AvgIpc) is 2.24. The van der Waals surface area contributed by atoms with E-state index in [1.165, 1.54) is 6.07 Å². The molecule has 1 aromatic rings. The van der Waals surface area contributed by atoms with Crippen LogP contribution in [0.4, 0.5) is 4.39 Å². The zero-order valence-corrected chi connectivity index (χ0v) is 9.77. The molecule has 0 heterocycles. The molecule has 0 radical (unpaired) electrons. The molecule has 0 aliphatic carbocycles. The lowest BCUT2D eigenvalue weighted by Crippen LogP contribution is -2.13. The van der Waals surface area contributed by atoms with Crippen LogP contribution in [0.5, 0.6) is 0 Å². The molecule has 0 unspecified atom stereocenters. The van der Waals surface area contributed by atoms with E-state index >= 15 is 0 Å². The molecule has 86 valence electrons. The van der Waals surface area contributed by atoms with Gasteiger partial charge in [-0.3, -0.25) is 4.79 Å². The van der Waals surface area contributed by atoms with Gasteiger partial charge in [-0.1, -0.05) is 6.07 Å². The second-order valence-electron chi connectivity index (χ2n) is 3.02. The molecule has 0 saturated carbocycles. The van der Waals surface area contributed by atoms with E-state index in [0.717, 1.165) is 0 Å². The third-order valence-corrected chi connectivity index (χ3v) is 2.64. The van der Waals surface area contributed by atoms with Gasteiger partial charge >= 0.3 is 11.1 Å². The number of esters is 1. The fraction of sp³-hybridized carbons (Fsp3) is 0.273. The van der Waals surface area contributed by atoms with Gasteiger partial charge in [0.25, 0.3) is 0 Å². The number of ether oxygens (including phenoxy) is 1. The van der Waals surface area contributed by atoms with Gasteiger partial charge in [0.05, 0.1) is 6.61 Å². The van der Waals surface area contributed by atoms with Gasteiger partial charge in [0.1, 0.15) is 5.82 Å². The Kier molecular flexibility index (Phi) is 4.49. The van der Waals surface area contributed by atoms with Crippen molar-refractivity contribution < 1.29 is 18.7 Å². The van der Waals surface area contributed by atoms with Gasteiger partial charge in [-0.25, -0.2) is 9.18 Å². The number of rotatable bonds is 2. The summed E-state index contributed by atoms with van der Waals surface area (Å²) in [7, 11) is 0. The van der Waals surface area contributed by atoms with Crippen molar-refractivity contribution in [3.8, 4) is 0 Å². The molecular weight excluding hydrogens is 231 g/mol. The molecule has 0 bridgehead atoms. The Hall–Kier alpha value is -1.36. The predicted octanol–water partition coefficient (Wildman–Crippen LogP) is 2.32. The Morgan fingerprint density at radius 3 is 2.69 bits per heavy atom. The van der Waals surface area contributed by atoms with Crippen LogP contribution in [0.25, 0.3) is 0 Å². The van der Waals surface area contributed by atoms with Gasteiger partial charge in [0, 0.05) is 4.90 Å². The van der Waals surface area contributed by atoms with Crippen molar-refractivity contribution in [2.45, 2.75) is 18.7 Å². The third-order valence-electron chi connectivity index (χ3n) is 1.80. The van der Waals surface area contributed by atoms with Crippen LogP contribution in [-0.2, 0) is 14.3 Å². The summed E-state index contributed by atoms with van der Waals surface area (Å²) in [6, 6.07) is 4.35. The predicted molar refractivity (Wildman–Crippen MR) is 58.6 cm³/mol. The van der Waals surface area contributed by atoms with E-state index in [1.807, 2.05) is 0 Å². The summed E-state index contributed by atoms with van der Waals surface area (Å²) < 4.78 is 17.7. The van der Waals surface area contributed by atoms with Crippen molar-refractivity contribution in [1.82, 2.24) is 0 Å². The SMILES string of the molecule is CCOC(=O)C(=O)Sc1ccc(C)c(F)c1. The normalized spacial score (nSPS) is 9.94. The summed E-state index contributed by atoms with van der Waals surface area (Å²) in [6.07, 6.45) is 0. The minimum Gasteiger partial charge on any atom is -0.460 e. The standard InChI is InChI=1S/C11H11FO3S/c1-3-15-10(13)11(14)16-8-5-4-7(2)9(12)6-8/h4-6H,3H2,1-2H3. The molecule has 3 nitrogen and oxygen atoms in total. The molecule has 1 rings (SSSR count). The first-order valence-electron chi connectivity index (χ1n) is 4.69. The van der Waals surface area contributed by atoms with E-state index < -0.39 is 16.9 Å². The van der Waals surface area contributed by atoms with E-state index in [0.29, 0.717) is 22.2 Å². The van der Waals surface area contributed by atoms with E-state index in [9.17, 15) is 14.0 Å². The first-order valence-corrected chi connectivity index (χ1v) is 5.51. The highest BCUT2D eigenvalue weighted by Crippen LogP contribution is 2.21. The molecule has 0 spiro atoms. The van der Waals surface area contributed by atoms with Crippen LogP contribution < -0.4 is 0 Å². The van der Waals surface area contributed by atoms with E-state index in [1.54, 1.807) is 26.0 Å². The van der Waals surface area contributed by atoms with Crippen molar-refractivity contribution in [1.29, 1.82) is 0 Å². The van der Waals surface area contributed by atoms with Crippen molar-refractivity contribution in [2.24, 2.45) is 0 Å². The molecule has 5 heteroatoms. The molecular formula is C11H11FO3S. The van der Waals surface area contributed by atoms with Crippen LogP contribution in [0.15, 0.2) is 23.1 Å². The van der Waals surface area contributed by atoms with E-state index in [2.05, 4.69) is 4.74 Å². The van der Waals surface area contributed by atoms with Crippen LogP contribution in [0, 0.1) is 12.7 Å². The highest BCUT2D eigenvalue weighted by Gasteiger charge is 2.16. The molecule has 0 N–H and O–H groups in total. The second kappa shape index (κ2) is 5.65. The Bertz CT molecular complexity index is 418. The maximum absolute atomic E-state index is 13.1. The molecule has 0 aliphatic rings. The molecule has 1 aromatic carbocycles. The van der Waals surface area contributed by atoms with Crippen LogP contribution in [0.3, 0.4) is 0 Å². The minimum absolute atomic E-state index is 0.146. The van der Waals surface area contributed by atoms with Gasteiger partial charge in [0.2, 0.25) is 0 Å². The third kappa shape index (κ3) is 3.34. The Morgan fingerprint density at radius 1 is 1.44 bits per heavy atom. The lowest BCUT2D eigenvalue weighted by Gasteiger charge is -2.02. The van der Waals surface area contributed by atoms with Crippen molar-refractivity contribution in [3.63, 3.8) is 0 Å². The number of benzene rings is 1. The molecule has 16 heavy (non-hydrogen) atoms. The largest absolute Gasteiger partial charge is 0.460 e. The smallest absolute Gasteiger partial charge is 0.386 e. The first kappa shape index (κ1) is 12.7. The zero-order chi connectivity index (χ0) is 12.1. The lowest BCUT2D eigenvalue weighted by atomic mass is 10.2. The number of aryl methyl sites for hydroxylation is 1. The van der Waals surface area contributed by atoms with E-state index in [-0.39, 0.29) is 6.61 Å². The fourth-order valence-corrected chi connectivity index (χ4v) is 1.63. The number of halogens is 1. The van der Waals surface area contributed by atoms with Crippen LogP contribution >= 0.6 is 11.8 Å². The topological polar surface area (TPSA) is 43.4 Å². The summed E-state index contributed by atoms with van der Waals surface area (Å²) in [4.78, 5) is 22.7. The molecule has 0 aliphatic heterocycles. The highest BCUT2D eigenvalue weighted by atomic mass is 32.2. The molecule has 0 fully saturated rings. The first-order chi connectivity index (χ1) is 7.54. The molecule has 0 amide bonds. The number of carbonyl (C=O) groups excluding carboxylic acids is 2. The molecule has 0 atom stereocenters. The minimum atomic E-state index is -0.909. The highest BCUT2D eigenvalue weighted by molar-refractivity contribution is 8.15. The average molecular weight is 242 g/mol. The van der Waals surface area contributed by atoms with Crippen LogP contribution in [0.1, 0.15) is 12.5 Å². The van der Waals surface area contributed by atoms with Crippen molar-refractivity contribution in [2.75, 3.05) is 6.61 Å². The van der Waals surface area contributed by atoms with E-state index in [4.69, 9.17) is 0 Å². The maximum atomic E-state index is 13.1. The maximum Gasteiger partial charge on any atom is 0.386 e. The number of hydrogen-bond donors (Lipinski definition) is 0. The quantitative estimate of drug-likeness (QED) is 0.453. The van der Waals surface area contributed by atoms with Crippen molar-refractivity contribution >= 4 is 22.8 Å². The van der Waals surface area contributed by atoms with Crippen LogP contribution in [-0.4, -0.2) is 17.7 Å². The summed E-state index contributed by atoms with van der Waals surface area (Å²) in [5.74, 6) is -1.31. The molecule has 0 aromatic heterocycles. The summed E-state index contributed by atoms with van der Waals surface area (Å²) >= 11 is 0.661. The monoisotopic (exact) mass is 242 g/mol. The Labute approximate surface area is 97.0 Å². The Balaban J connectivity index is 2.70. The lowest BCUT2D eigenvalue weighted by molar-refractivity contribution is -0.149. The molecule has 0 saturated heterocycles. The number of carbonyl (C=O) groups is 2. The zero-order valence-electron chi connectivity index (χ0n) is 8.95. The van der Waals surface area contributed by atoms with Gasteiger partial charge in [0.15, 0.2) is 0 Å². The second-order valence-corrected chi connectivity index (χ2v) is 4.07. The number of thioether (sulfide) groups is 1. The van der Waals surface area contributed by atoms with Crippen LogP contribution in [0.2, 0.25) is 0 Å². The summed E-state index contributed by atoms with van der Waals surface area (Å²) in [5, 5.41) is -0.745. The Morgan fingerprint density at radius 2 is 2.12 bits per heavy atom. The van der Waals surface area contributed by atoms with Crippen molar-refractivity contribution in [3.05, 3.63) is 29.6 Å². The fourth-order valence-electron chi connectivity index (χ4n) is 0.976. The van der Waals surface area contributed by atoms with Gasteiger partial charge in [-0.15, -0.1) is 0 Å². The van der Waals surface area contributed by atoms with Gasteiger partial charge in [-0.05, 0) is 43.3 Å². The summed E-state index contributed by atoms with van der Waals surface area (Å²) in [6.45, 7) is 3.38. The number of hydrogen-bond acceptors (Lipinski definition) is 4. The summed E-state index contributed by atoms with van der Waals surface area (Å²) in [5.41, 5.74) is 0.493. The van der Waals surface area contributed by atoms with Gasteiger partial charge in [-0.2, -0.15) is 0 Å². The van der Waals surface area contributed by atoms with Gasteiger partial charge < -0.3 is 4.74 Å².